The summed E-state index contributed by atoms with van der Waals surface area (Å²) in [5, 5.41) is 0. The van der Waals surface area contributed by atoms with Crippen LogP contribution in [0.4, 0.5) is 0 Å². The summed E-state index contributed by atoms with van der Waals surface area (Å²) in [5.41, 5.74) is 8.05. The molecule has 0 bridgehead atoms. The topological polar surface area (TPSA) is 38.5 Å². The van der Waals surface area contributed by atoms with Crippen molar-refractivity contribution < 1.29 is 4.74 Å². The lowest BCUT2D eigenvalue weighted by molar-refractivity contribution is 0.327. The van der Waals surface area contributed by atoms with E-state index in [1.54, 1.807) is 7.11 Å². The summed E-state index contributed by atoms with van der Waals surface area (Å²) in [6.45, 7) is 4.79. The Kier molecular flexibility index (Phi) is 5.29. The summed E-state index contributed by atoms with van der Waals surface area (Å²) < 4.78 is 5.25. The van der Waals surface area contributed by atoms with Crippen LogP contribution in [0.3, 0.4) is 0 Å². The summed E-state index contributed by atoms with van der Waals surface area (Å²) >= 11 is 0. The minimum absolute atomic E-state index is 0.522. The van der Waals surface area contributed by atoms with Gasteiger partial charge in [0.15, 0.2) is 0 Å². The van der Waals surface area contributed by atoms with Gasteiger partial charge >= 0.3 is 0 Å². The van der Waals surface area contributed by atoms with Crippen molar-refractivity contribution >= 4 is 0 Å². The van der Waals surface area contributed by atoms with E-state index >= 15 is 0 Å². The van der Waals surface area contributed by atoms with Crippen molar-refractivity contribution in [3.8, 4) is 5.75 Å². The molecular weight excluding hydrogens is 200 g/mol. The van der Waals surface area contributed by atoms with Crippen LogP contribution in [-0.4, -0.2) is 25.6 Å². The highest BCUT2D eigenvalue weighted by molar-refractivity contribution is 5.37. The zero-order chi connectivity index (χ0) is 12.0. The Morgan fingerprint density at radius 3 is 2.69 bits per heavy atom. The van der Waals surface area contributed by atoms with Crippen LogP contribution in [0.25, 0.3) is 0 Å². The molecule has 0 spiro atoms. The highest BCUT2D eigenvalue weighted by Gasteiger charge is 2.04. The number of nitrogens with zero attached hydrogens (tertiary/aromatic N) is 1. The van der Waals surface area contributed by atoms with Gasteiger partial charge in [-0.1, -0.05) is 13.0 Å². The van der Waals surface area contributed by atoms with E-state index in [4.69, 9.17) is 10.5 Å². The van der Waals surface area contributed by atoms with Crippen LogP contribution in [0.1, 0.15) is 24.5 Å². The molecule has 90 valence electrons. The molecule has 16 heavy (non-hydrogen) atoms. The van der Waals surface area contributed by atoms with E-state index in [0.29, 0.717) is 6.54 Å². The minimum atomic E-state index is 0.522. The normalized spacial score (nSPS) is 10.8. The Morgan fingerprint density at radius 1 is 1.38 bits per heavy atom. The quantitative estimate of drug-likeness (QED) is 0.800. The molecule has 0 aliphatic carbocycles. The Morgan fingerprint density at radius 2 is 2.12 bits per heavy atom. The smallest absolute Gasteiger partial charge is 0.123 e. The number of methoxy groups -OCH3 is 1. The summed E-state index contributed by atoms with van der Waals surface area (Å²) in [7, 11) is 3.81. The second kappa shape index (κ2) is 6.51. The highest BCUT2D eigenvalue weighted by atomic mass is 16.5. The second-order valence-corrected chi connectivity index (χ2v) is 4.09. The lowest BCUT2D eigenvalue weighted by atomic mass is 10.1. The predicted molar refractivity (Wildman–Crippen MR) is 67.5 cm³/mol. The van der Waals surface area contributed by atoms with Crippen molar-refractivity contribution in [2.24, 2.45) is 5.73 Å². The molecule has 3 nitrogen and oxygen atoms in total. The third kappa shape index (κ3) is 3.51. The van der Waals surface area contributed by atoms with E-state index < -0.39 is 0 Å². The lowest BCUT2D eigenvalue weighted by Crippen LogP contribution is -2.18. The molecule has 1 aromatic carbocycles. The molecular formula is C13H22N2O. The molecule has 1 aromatic rings. The van der Waals surface area contributed by atoms with Crippen LogP contribution in [0.2, 0.25) is 0 Å². The third-order valence-electron chi connectivity index (χ3n) is 2.62. The van der Waals surface area contributed by atoms with Crippen LogP contribution in [-0.2, 0) is 13.1 Å². The fraction of sp³-hybridized carbons (Fsp3) is 0.538. The second-order valence-electron chi connectivity index (χ2n) is 4.09. The molecule has 0 heterocycles. The molecule has 0 fully saturated rings. The Balaban J connectivity index is 2.74. The maximum absolute atomic E-state index is 5.69. The maximum Gasteiger partial charge on any atom is 0.123 e. The van der Waals surface area contributed by atoms with E-state index in [9.17, 15) is 0 Å². The SMILES string of the molecule is CCCN(C)Cc1ccc(OC)c(CN)c1. The molecule has 3 heteroatoms. The number of ether oxygens (including phenoxy) is 1. The highest BCUT2D eigenvalue weighted by Crippen LogP contribution is 2.19. The van der Waals surface area contributed by atoms with E-state index in [0.717, 1.165) is 24.4 Å². The predicted octanol–water partition coefficient (Wildman–Crippen LogP) is 2.00. The largest absolute Gasteiger partial charge is 0.496 e. The molecule has 0 aliphatic heterocycles. The van der Waals surface area contributed by atoms with Gasteiger partial charge in [-0.2, -0.15) is 0 Å². The van der Waals surface area contributed by atoms with Crippen LogP contribution < -0.4 is 10.5 Å². The van der Waals surface area contributed by atoms with E-state index in [-0.39, 0.29) is 0 Å². The van der Waals surface area contributed by atoms with Gasteiger partial charge in [0.25, 0.3) is 0 Å². The van der Waals surface area contributed by atoms with Gasteiger partial charge in [-0.05, 0) is 37.7 Å². The molecule has 0 saturated heterocycles. The van der Waals surface area contributed by atoms with Crippen LogP contribution >= 0.6 is 0 Å². The number of nitrogens with two attached hydrogens (primary N) is 1. The molecule has 0 atom stereocenters. The first-order chi connectivity index (χ1) is 7.71. The molecule has 2 N–H and O–H groups in total. The fourth-order valence-corrected chi connectivity index (χ4v) is 1.86. The van der Waals surface area contributed by atoms with Gasteiger partial charge in [0.05, 0.1) is 7.11 Å². The lowest BCUT2D eigenvalue weighted by Gasteiger charge is -2.16. The van der Waals surface area contributed by atoms with Crippen molar-refractivity contribution in [2.45, 2.75) is 26.4 Å². The summed E-state index contributed by atoms with van der Waals surface area (Å²) in [4.78, 5) is 2.31. The number of rotatable bonds is 6. The van der Waals surface area contributed by atoms with Crippen molar-refractivity contribution in [1.82, 2.24) is 4.90 Å². The standard InChI is InChI=1S/C13H22N2O/c1-4-7-15(2)10-11-5-6-13(16-3)12(8-11)9-14/h5-6,8H,4,7,9-10,14H2,1-3H3. The third-order valence-corrected chi connectivity index (χ3v) is 2.62. The Hall–Kier alpha value is -1.06. The van der Waals surface area contributed by atoms with Crippen LogP contribution in [0.5, 0.6) is 5.75 Å². The minimum Gasteiger partial charge on any atom is -0.496 e. The Bertz CT molecular complexity index is 326. The first kappa shape index (κ1) is 13.0. The average molecular weight is 222 g/mol. The van der Waals surface area contributed by atoms with Gasteiger partial charge in [0.2, 0.25) is 0 Å². The van der Waals surface area contributed by atoms with Gasteiger partial charge < -0.3 is 15.4 Å². The van der Waals surface area contributed by atoms with Gasteiger partial charge in [-0.15, -0.1) is 0 Å². The van der Waals surface area contributed by atoms with Crippen molar-refractivity contribution in [2.75, 3.05) is 20.7 Å². The maximum atomic E-state index is 5.69. The van der Waals surface area contributed by atoms with Crippen molar-refractivity contribution in [1.29, 1.82) is 0 Å². The van der Waals surface area contributed by atoms with Crippen molar-refractivity contribution in [3.63, 3.8) is 0 Å². The van der Waals surface area contributed by atoms with Gasteiger partial charge in [-0.3, -0.25) is 0 Å². The molecule has 0 radical (unpaired) electrons. The number of benzene rings is 1. The molecule has 0 aliphatic rings. The van der Waals surface area contributed by atoms with Crippen LogP contribution in [0, 0.1) is 0 Å². The van der Waals surface area contributed by atoms with Gasteiger partial charge in [-0.25, -0.2) is 0 Å². The van der Waals surface area contributed by atoms with Crippen LogP contribution in [0.15, 0.2) is 18.2 Å². The van der Waals surface area contributed by atoms with E-state index in [2.05, 4.69) is 31.0 Å². The van der Waals surface area contributed by atoms with E-state index in [1.165, 1.54) is 12.0 Å². The Labute approximate surface area is 98.2 Å². The zero-order valence-electron chi connectivity index (χ0n) is 10.5. The summed E-state index contributed by atoms with van der Waals surface area (Å²) in [6.07, 6.45) is 1.18. The van der Waals surface area contributed by atoms with E-state index in [1.807, 2.05) is 6.07 Å². The van der Waals surface area contributed by atoms with Crippen molar-refractivity contribution in [3.05, 3.63) is 29.3 Å². The average Bonchev–Trinajstić information content (AvgIpc) is 2.29. The van der Waals surface area contributed by atoms with Gasteiger partial charge in [0.1, 0.15) is 5.75 Å². The molecule has 1 rings (SSSR count). The first-order valence-corrected chi connectivity index (χ1v) is 5.75. The number of hydrogen-bond donors (Lipinski definition) is 1. The van der Waals surface area contributed by atoms with Gasteiger partial charge in [0, 0.05) is 18.7 Å². The first-order valence-electron chi connectivity index (χ1n) is 5.75. The fourth-order valence-electron chi connectivity index (χ4n) is 1.86. The summed E-state index contributed by atoms with van der Waals surface area (Å²) in [5.74, 6) is 0.879. The zero-order valence-corrected chi connectivity index (χ0v) is 10.5. The monoisotopic (exact) mass is 222 g/mol. The molecule has 0 amide bonds. The number of hydrogen-bond acceptors (Lipinski definition) is 3. The summed E-state index contributed by atoms with van der Waals surface area (Å²) in [6, 6.07) is 6.23. The molecule has 0 aromatic heterocycles. The molecule has 0 saturated carbocycles. The molecule has 0 unspecified atom stereocenters.